The highest BCUT2D eigenvalue weighted by molar-refractivity contribution is 5.52. The first-order valence-corrected chi connectivity index (χ1v) is 7.48. The summed E-state index contributed by atoms with van der Waals surface area (Å²) >= 11 is 0. The Kier molecular flexibility index (Phi) is 3.08. The third-order valence-corrected chi connectivity index (χ3v) is 4.50. The fraction of sp³-hybridized carbons (Fsp3) is 0.625. The number of benzene rings is 1. The molecule has 4 rings (SSSR count). The number of methoxy groups -OCH3 is 1. The lowest BCUT2D eigenvalue weighted by Crippen LogP contribution is -2.22. The topological polar surface area (TPSA) is 36.9 Å². The van der Waals surface area contributed by atoms with Crippen molar-refractivity contribution in [2.45, 2.75) is 50.6 Å². The monoisotopic (exact) mass is 276 g/mol. The zero-order valence-corrected chi connectivity index (χ0v) is 11.8. The lowest BCUT2D eigenvalue weighted by Gasteiger charge is -2.26. The van der Waals surface area contributed by atoms with Crippen LogP contribution in [-0.2, 0) is 15.9 Å². The summed E-state index contributed by atoms with van der Waals surface area (Å²) in [5.74, 6) is 1.75. The number of fused-ring (bicyclic) bond motifs is 4. The normalized spacial score (nSPS) is 28.4. The zero-order chi connectivity index (χ0) is 13.5. The Morgan fingerprint density at radius 3 is 2.85 bits per heavy atom. The number of rotatable bonds is 3. The SMILES string of the molecule is COc1ccc2c(c1OC1CCCC1)C[C@H]1CO[C@@H]2O1. The predicted molar refractivity (Wildman–Crippen MR) is 73.1 cm³/mol. The summed E-state index contributed by atoms with van der Waals surface area (Å²) < 4.78 is 23.3. The molecule has 2 heterocycles. The molecule has 2 atom stereocenters. The third-order valence-electron chi connectivity index (χ3n) is 4.50. The molecule has 0 amide bonds. The first-order valence-electron chi connectivity index (χ1n) is 7.48. The van der Waals surface area contributed by atoms with Crippen molar-refractivity contribution in [3.8, 4) is 11.5 Å². The Hall–Kier alpha value is -1.26. The van der Waals surface area contributed by atoms with Crippen molar-refractivity contribution in [2.24, 2.45) is 0 Å². The summed E-state index contributed by atoms with van der Waals surface area (Å²) in [5.41, 5.74) is 2.32. The summed E-state index contributed by atoms with van der Waals surface area (Å²) in [7, 11) is 1.70. The quantitative estimate of drug-likeness (QED) is 0.850. The third kappa shape index (κ3) is 1.98. The minimum Gasteiger partial charge on any atom is -0.493 e. The van der Waals surface area contributed by atoms with E-state index in [4.69, 9.17) is 18.9 Å². The highest BCUT2D eigenvalue weighted by Gasteiger charge is 2.37. The van der Waals surface area contributed by atoms with Crippen molar-refractivity contribution >= 4 is 0 Å². The van der Waals surface area contributed by atoms with Crippen molar-refractivity contribution in [3.63, 3.8) is 0 Å². The maximum atomic E-state index is 6.28. The van der Waals surface area contributed by atoms with E-state index in [1.165, 1.54) is 18.4 Å². The smallest absolute Gasteiger partial charge is 0.184 e. The second-order valence-corrected chi connectivity index (χ2v) is 5.82. The molecule has 1 aromatic rings. The van der Waals surface area contributed by atoms with E-state index >= 15 is 0 Å². The molecule has 4 heteroatoms. The largest absolute Gasteiger partial charge is 0.493 e. The van der Waals surface area contributed by atoms with Gasteiger partial charge in [-0.2, -0.15) is 0 Å². The molecule has 2 fully saturated rings. The molecule has 1 saturated carbocycles. The molecule has 1 saturated heterocycles. The van der Waals surface area contributed by atoms with E-state index in [9.17, 15) is 0 Å². The predicted octanol–water partition coefficient (Wildman–Crippen LogP) is 2.99. The molecule has 0 N–H and O–H groups in total. The van der Waals surface area contributed by atoms with Crippen LogP contribution in [0, 0.1) is 0 Å². The van der Waals surface area contributed by atoms with E-state index < -0.39 is 0 Å². The molecule has 0 spiro atoms. The summed E-state index contributed by atoms with van der Waals surface area (Å²) in [6.45, 7) is 0.671. The van der Waals surface area contributed by atoms with Gasteiger partial charge in [0.15, 0.2) is 17.8 Å². The molecule has 2 bridgehead atoms. The molecule has 2 aliphatic heterocycles. The van der Waals surface area contributed by atoms with Crippen LogP contribution in [0.1, 0.15) is 43.1 Å². The van der Waals surface area contributed by atoms with Gasteiger partial charge in [-0.25, -0.2) is 0 Å². The fourth-order valence-corrected chi connectivity index (χ4v) is 3.46. The van der Waals surface area contributed by atoms with Gasteiger partial charge < -0.3 is 18.9 Å². The van der Waals surface area contributed by atoms with E-state index in [1.54, 1.807) is 7.11 Å². The highest BCUT2D eigenvalue weighted by Crippen LogP contribution is 2.45. The lowest BCUT2D eigenvalue weighted by atomic mass is 9.98. The molecule has 0 unspecified atom stereocenters. The number of ether oxygens (including phenoxy) is 4. The Morgan fingerprint density at radius 2 is 2.05 bits per heavy atom. The van der Waals surface area contributed by atoms with Crippen LogP contribution in [0.2, 0.25) is 0 Å². The van der Waals surface area contributed by atoms with Crippen LogP contribution < -0.4 is 9.47 Å². The highest BCUT2D eigenvalue weighted by atomic mass is 16.7. The average Bonchev–Trinajstić information content (AvgIpc) is 3.10. The molecule has 0 aromatic heterocycles. The molecule has 4 nitrogen and oxygen atoms in total. The van der Waals surface area contributed by atoms with Crippen LogP contribution in [0.25, 0.3) is 0 Å². The van der Waals surface area contributed by atoms with E-state index in [2.05, 4.69) is 0 Å². The Labute approximate surface area is 119 Å². The second kappa shape index (κ2) is 4.93. The van der Waals surface area contributed by atoms with E-state index in [-0.39, 0.29) is 12.4 Å². The Morgan fingerprint density at radius 1 is 1.20 bits per heavy atom. The Balaban J connectivity index is 1.73. The van der Waals surface area contributed by atoms with Crippen molar-refractivity contribution in [2.75, 3.05) is 13.7 Å². The van der Waals surface area contributed by atoms with Crippen LogP contribution in [0.3, 0.4) is 0 Å². The molecular formula is C16H20O4. The molecule has 0 radical (unpaired) electrons. The molecule has 1 aliphatic carbocycles. The lowest BCUT2D eigenvalue weighted by molar-refractivity contribution is -0.0683. The summed E-state index contributed by atoms with van der Waals surface area (Å²) in [5, 5.41) is 0. The standard InChI is InChI=1S/C16H20O4/c1-17-14-7-6-12-13(8-11-9-18-16(12)20-11)15(14)19-10-4-2-3-5-10/h6-7,10-11,16H,2-5,8-9H2,1H3/t11-,16+/m0/s1. The minimum atomic E-state index is -0.222. The van der Waals surface area contributed by atoms with Gasteiger partial charge in [-0.05, 0) is 37.8 Å². The van der Waals surface area contributed by atoms with Crippen molar-refractivity contribution in [1.29, 1.82) is 0 Å². The maximum absolute atomic E-state index is 6.28. The zero-order valence-electron chi connectivity index (χ0n) is 11.8. The van der Waals surface area contributed by atoms with Crippen LogP contribution in [0.15, 0.2) is 12.1 Å². The number of hydrogen-bond acceptors (Lipinski definition) is 4. The van der Waals surface area contributed by atoms with Gasteiger partial charge in [0.1, 0.15) is 0 Å². The van der Waals surface area contributed by atoms with Crippen molar-refractivity contribution in [3.05, 3.63) is 23.3 Å². The second-order valence-electron chi connectivity index (χ2n) is 5.82. The number of hydrogen-bond donors (Lipinski definition) is 0. The van der Waals surface area contributed by atoms with Gasteiger partial charge in [-0.1, -0.05) is 0 Å². The van der Waals surface area contributed by atoms with Gasteiger partial charge in [0.05, 0.1) is 25.9 Å². The van der Waals surface area contributed by atoms with Crippen molar-refractivity contribution < 1.29 is 18.9 Å². The van der Waals surface area contributed by atoms with Gasteiger partial charge in [0.25, 0.3) is 0 Å². The van der Waals surface area contributed by atoms with Crippen LogP contribution in [0.5, 0.6) is 11.5 Å². The molecule has 1 aromatic carbocycles. The molecular weight excluding hydrogens is 256 g/mol. The van der Waals surface area contributed by atoms with Crippen LogP contribution in [-0.4, -0.2) is 25.9 Å². The van der Waals surface area contributed by atoms with Crippen LogP contribution >= 0.6 is 0 Å². The minimum absolute atomic E-state index is 0.158. The fourth-order valence-electron chi connectivity index (χ4n) is 3.46. The van der Waals surface area contributed by atoms with Gasteiger partial charge in [-0.15, -0.1) is 0 Å². The van der Waals surface area contributed by atoms with Crippen molar-refractivity contribution in [1.82, 2.24) is 0 Å². The summed E-state index contributed by atoms with van der Waals surface area (Å²) in [4.78, 5) is 0. The van der Waals surface area contributed by atoms with E-state index in [1.807, 2.05) is 12.1 Å². The van der Waals surface area contributed by atoms with Gasteiger partial charge >= 0.3 is 0 Å². The molecule has 3 aliphatic rings. The van der Waals surface area contributed by atoms with Gasteiger partial charge in [0, 0.05) is 17.5 Å². The molecule has 108 valence electrons. The first-order chi connectivity index (χ1) is 9.85. The van der Waals surface area contributed by atoms with Gasteiger partial charge in [0.2, 0.25) is 0 Å². The first kappa shape index (κ1) is 12.5. The average molecular weight is 276 g/mol. The van der Waals surface area contributed by atoms with Gasteiger partial charge in [-0.3, -0.25) is 0 Å². The van der Waals surface area contributed by atoms with E-state index in [0.29, 0.717) is 12.7 Å². The maximum Gasteiger partial charge on any atom is 0.184 e. The van der Waals surface area contributed by atoms with E-state index in [0.717, 1.165) is 36.3 Å². The molecule has 20 heavy (non-hydrogen) atoms. The summed E-state index contributed by atoms with van der Waals surface area (Å²) in [6.07, 6.45) is 5.94. The van der Waals surface area contributed by atoms with Crippen LogP contribution in [0.4, 0.5) is 0 Å². The summed E-state index contributed by atoms with van der Waals surface area (Å²) in [6, 6.07) is 4.01. The Bertz CT molecular complexity index is 507.